The Bertz CT molecular complexity index is 1530. The van der Waals surface area contributed by atoms with E-state index < -0.39 is 11.5 Å². The van der Waals surface area contributed by atoms with E-state index in [1.54, 1.807) is 6.21 Å². The molecule has 4 aromatic rings. The maximum absolute atomic E-state index is 12.4. The van der Waals surface area contributed by atoms with Gasteiger partial charge in [0.25, 0.3) is 5.91 Å². The van der Waals surface area contributed by atoms with Gasteiger partial charge in [-0.1, -0.05) is 59.6 Å². The Morgan fingerprint density at radius 2 is 1.73 bits per heavy atom. The summed E-state index contributed by atoms with van der Waals surface area (Å²) in [4.78, 5) is 14.7. The number of phenols is 1. The summed E-state index contributed by atoms with van der Waals surface area (Å²) in [5, 5.41) is 27.4. The fourth-order valence-electron chi connectivity index (χ4n) is 4.89. The average molecular weight is 578 g/mol. The molecule has 1 fully saturated rings. The second-order valence-corrected chi connectivity index (χ2v) is 10.6. The SMILES string of the molecule is O=C(N/N=C/c1ccc(OCCN2CCC(O)(c3ccc(Cl)cc3)CC2)c2ccccc12)c1ccc(O)c(Cl)c1. The lowest BCUT2D eigenvalue weighted by atomic mass is 9.84. The van der Waals surface area contributed by atoms with Gasteiger partial charge in [-0.3, -0.25) is 9.69 Å². The molecule has 5 rings (SSSR count). The van der Waals surface area contributed by atoms with Gasteiger partial charge in [-0.15, -0.1) is 0 Å². The van der Waals surface area contributed by atoms with Crippen LogP contribution in [0.3, 0.4) is 0 Å². The number of hydrazone groups is 1. The number of rotatable bonds is 8. The van der Waals surface area contributed by atoms with Crippen LogP contribution < -0.4 is 10.2 Å². The first-order chi connectivity index (χ1) is 19.3. The van der Waals surface area contributed by atoms with Crippen LogP contribution >= 0.6 is 23.2 Å². The zero-order valence-electron chi connectivity index (χ0n) is 21.7. The van der Waals surface area contributed by atoms with E-state index in [9.17, 15) is 15.0 Å². The third-order valence-electron chi connectivity index (χ3n) is 7.23. The van der Waals surface area contributed by atoms with Crippen molar-refractivity contribution in [1.82, 2.24) is 10.3 Å². The van der Waals surface area contributed by atoms with Gasteiger partial charge in [0.15, 0.2) is 0 Å². The minimum absolute atomic E-state index is 0.0900. The Balaban J connectivity index is 1.18. The van der Waals surface area contributed by atoms with E-state index >= 15 is 0 Å². The largest absolute Gasteiger partial charge is 0.506 e. The number of halogens is 2. The molecule has 7 nitrogen and oxygen atoms in total. The molecule has 0 saturated carbocycles. The number of amides is 1. The first-order valence-corrected chi connectivity index (χ1v) is 13.8. The van der Waals surface area contributed by atoms with Gasteiger partial charge in [-0.05, 0) is 66.3 Å². The number of likely N-dealkylation sites (tertiary alicyclic amines) is 1. The van der Waals surface area contributed by atoms with Gasteiger partial charge in [0.1, 0.15) is 18.1 Å². The molecule has 1 heterocycles. The second kappa shape index (κ2) is 12.3. The van der Waals surface area contributed by atoms with E-state index in [4.69, 9.17) is 27.9 Å². The van der Waals surface area contributed by atoms with Crippen molar-refractivity contribution in [2.24, 2.45) is 5.10 Å². The molecular weight excluding hydrogens is 549 g/mol. The van der Waals surface area contributed by atoms with Gasteiger partial charge in [0.05, 0.1) is 16.8 Å². The summed E-state index contributed by atoms with van der Waals surface area (Å²) in [7, 11) is 0. The van der Waals surface area contributed by atoms with Gasteiger partial charge in [0, 0.05) is 41.2 Å². The molecule has 40 heavy (non-hydrogen) atoms. The van der Waals surface area contributed by atoms with Gasteiger partial charge in [-0.2, -0.15) is 5.10 Å². The number of hydrogen-bond acceptors (Lipinski definition) is 6. The number of nitrogens with one attached hydrogen (secondary N) is 1. The molecule has 206 valence electrons. The zero-order valence-corrected chi connectivity index (χ0v) is 23.2. The van der Waals surface area contributed by atoms with Crippen LogP contribution in [0.1, 0.15) is 34.3 Å². The van der Waals surface area contributed by atoms with Crippen LogP contribution in [0, 0.1) is 0 Å². The lowest BCUT2D eigenvalue weighted by Gasteiger charge is -2.38. The molecule has 0 atom stereocenters. The minimum atomic E-state index is -0.827. The molecule has 4 aromatic carbocycles. The van der Waals surface area contributed by atoms with Crippen LogP contribution in [0.15, 0.2) is 84.0 Å². The molecule has 3 N–H and O–H groups in total. The van der Waals surface area contributed by atoms with Crippen LogP contribution in [0.2, 0.25) is 10.0 Å². The number of aliphatic hydroxyl groups is 1. The first kappa shape index (κ1) is 27.9. The molecule has 0 bridgehead atoms. The number of fused-ring (bicyclic) bond motifs is 1. The van der Waals surface area contributed by atoms with Crippen molar-refractivity contribution >= 4 is 46.1 Å². The summed E-state index contributed by atoms with van der Waals surface area (Å²) >= 11 is 11.9. The minimum Gasteiger partial charge on any atom is -0.506 e. The molecule has 0 spiro atoms. The highest BCUT2D eigenvalue weighted by molar-refractivity contribution is 6.32. The standard InChI is InChI=1S/C31H29Cl2N3O4/c32-24-9-7-23(8-10-24)31(39)13-15-36(16-14-31)17-18-40-29-12-6-22(25-3-1-2-4-26(25)29)20-34-35-30(38)21-5-11-28(37)27(33)19-21/h1-12,19-20,37,39H,13-18H2,(H,35,38)/b34-20+. The third kappa shape index (κ3) is 6.40. The number of nitrogens with zero attached hydrogens (tertiary/aromatic N) is 2. The first-order valence-electron chi connectivity index (χ1n) is 13.0. The molecule has 0 radical (unpaired) electrons. The molecule has 0 aliphatic carbocycles. The quantitative estimate of drug-likeness (QED) is 0.177. The van der Waals surface area contributed by atoms with E-state index in [0.29, 0.717) is 24.5 Å². The summed E-state index contributed by atoms with van der Waals surface area (Å²) in [6.45, 7) is 2.82. The Morgan fingerprint density at radius 1 is 1.00 bits per heavy atom. The summed E-state index contributed by atoms with van der Waals surface area (Å²) in [5.41, 5.74) is 3.69. The highest BCUT2D eigenvalue weighted by Gasteiger charge is 2.33. The van der Waals surface area contributed by atoms with Crippen molar-refractivity contribution in [1.29, 1.82) is 0 Å². The van der Waals surface area contributed by atoms with Crippen molar-refractivity contribution in [3.05, 3.63) is 106 Å². The van der Waals surface area contributed by atoms with Crippen molar-refractivity contribution in [3.63, 3.8) is 0 Å². The molecule has 1 aliphatic heterocycles. The number of piperidine rings is 1. The van der Waals surface area contributed by atoms with Crippen molar-refractivity contribution in [2.75, 3.05) is 26.2 Å². The van der Waals surface area contributed by atoms with E-state index in [0.717, 1.165) is 47.3 Å². The number of hydrogen-bond donors (Lipinski definition) is 3. The molecule has 1 amide bonds. The monoisotopic (exact) mass is 577 g/mol. The zero-order chi connectivity index (χ0) is 28.1. The maximum atomic E-state index is 12.4. The fourth-order valence-corrected chi connectivity index (χ4v) is 5.19. The van der Waals surface area contributed by atoms with Crippen LogP contribution in [0.4, 0.5) is 0 Å². The molecule has 0 unspecified atom stereocenters. The summed E-state index contributed by atoms with van der Waals surface area (Å²) in [6, 6.07) is 23.3. The number of aromatic hydroxyl groups is 1. The lowest BCUT2D eigenvalue weighted by Crippen LogP contribution is -2.43. The van der Waals surface area contributed by atoms with Crippen LogP contribution in [-0.2, 0) is 5.60 Å². The van der Waals surface area contributed by atoms with E-state index in [1.165, 1.54) is 18.2 Å². The summed E-state index contributed by atoms with van der Waals surface area (Å²) in [6.07, 6.45) is 2.89. The molecular formula is C31H29Cl2N3O4. The van der Waals surface area contributed by atoms with Crippen LogP contribution in [0.25, 0.3) is 10.8 Å². The van der Waals surface area contributed by atoms with E-state index in [1.807, 2.05) is 60.7 Å². The van der Waals surface area contributed by atoms with E-state index in [-0.39, 0.29) is 16.3 Å². The molecule has 9 heteroatoms. The number of carbonyl (C=O) groups is 1. The Labute approximate surface area is 242 Å². The van der Waals surface area contributed by atoms with Gasteiger partial charge in [-0.25, -0.2) is 5.43 Å². The van der Waals surface area contributed by atoms with Crippen molar-refractivity contribution in [2.45, 2.75) is 18.4 Å². The second-order valence-electron chi connectivity index (χ2n) is 9.79. The van der Waals surface area contributed by atoms with Crippen molar-refractivity contribution in [3.8, 4) is 11.5 Å². The number of benzene rings is 4. The predicted octanol–water partition coefficient (Wildman–Crippen LogP) is 5.98. The molecule has 1 aliphatic rings. The van der Waals surface area contributed by atoms with Gasteiger partial charge >= 0.3 is 0 Å². The highest BCUT2D eigenvalue weighted by Crippen LogP contribution is 2.33. The molecule has 0 aromatic heterocycles. The Hall–Kier alpha value is -3.62. The third-order valence-corrected chi connectivity index (χ3v) is 7.78. The Kier molecular flexibility index (Phi) is 8.57. The number of carbonyl (C=O) groups excluding carboxylic acids is 1. The highest BCUT2D eigenvalue weighted by atomic mass is 35.5. The van der Waals surface area contributed by atoms with Gasteiger partial charge < -0.3 is 14.9 Å². The maximum Gasteiger partial charge on any atom is 0.271 e. The number of phenolic OH excluding ortho intramolecular Hbond substituents is 1. The van der Waals surface area contributed by atoms with Crippen LogP contribution in [-0.4, -0.2) is 53.5 Å². The van der Waals surface area contributed by atoms with Crippen molar-refractivity contribution < 1.29 is 19.7 Å². The summed E-state index contributed by atoms with van der Waals surface area (Å²) in [5.74, 6) is 0.240. The smallest absolute Gasteiger partial charge is 0.271 e. The fraction of sp³-hybridized carbons (Fsp3) is 0.226. The summed E-state index contributed by atoms with van der Waals surface area (Å²) < 4.78 is 6.18. The van der Waals surface area contributed by atoms with Gasteiger partial charge in [0.2, 0.25) is 0 Å². The van der Waals surface area contributed by atoms with Crippen LogP contribution in [0.5, 0.6) is 11.5 Å². The molecule has 1 saturated heterocycles. The predicted molar refractivity (Wildman–Crippen MR) is 159 cm³/mol. The topological polar surface area (TPSA) is 94.4 Å². The van der Waals surface area contributed by atoms with E-state index in [2.05, 4.69) is 15.4 Å². The normalized spacial score (nSPS) is 15.4. The number of ether oxygens (including phenoxy) is 1. The Morgan fingerprint density at radius 3 is 2.45 bits per heavy atom. The lowest BCUT2D eigenvalue weighted by molar-refractivity contribution is -0.0277. The average Bonchev–Trinajstić information content (AvgIpc) is 2.96.